The van der Waals surface area contributed by atoms with E-state index in [0.29, 0.717) is 23.8 Å². The van der Waals surface area contributed by atoms with Crippen LogP contribution in [0.15, 0.2) is 0 Å². The third-order valence-corrected chi connectivity index (χ3v) is 5.22. The molecule has 0 aromatic heterocycles. The molecule has 2 saturated carbocycles. The maximum Gasteiger partial charge on any atom is 0.226 e. The fourth-order valence-electron chi connectivity index (χ4n) is 4.30. The van der Waals surface area contributed by atoms with Crippen LogP contribution in [0.1, 0.15) is 71.6 Å². The van der Waals surface area contributed by atoms with E-state index in [4.69, 9.17) is 5.73 Å². The van der Waals surface area contributed by atoms with Gasteiger partial charge in [0.25, 0.3) is 0 Å². The van der Waals surface area contributed by atoms with Crippen LogP contribution in [0.25, 0.3) is 0 Å². The molecular formula is C17H32N2O. The van der Waals surface area contributed by atoms with Gasteiger partial charge in [0.2, 0.25) is 5.91 Å². The van der Waals surface area contributed by atoms with Gasteiger partial charge in [0.1, 0.15) is 0 Å². The minimum atomic E-state index is -0.0645. The van der Waals surface area contributed by atoms with Crippen molar-refractivity contribution in [2.75, 3.05) is 6.54 Å². The first-order valence-electron chi connectivity index (χ1n) is 8.56. The van der Waals surface area contributed by atoms with Crippen molar-refractivity contribution in [2.45, 2.75) is 77.7 Å². The Morgan fingerprint density at radius 3 is 2.55 bits per heavy atom. The molecule has 0 radical (unpaired) electrons. The van der Waals surface area contributed by atoms with Crippen LogP contribution in [0, 0.1) is 17.3 Å². The fourth-order valence-corrected chi connectivity index (χ4v) is 4.30. The number of hydrogen-bond donors (Lipinski definition) is 2. The van der Waals surface area contributed by atoms with Crippen molar-refractivity contribution < 1.29 is 4.79 Å². The lowest BCUT2D eigenvalue weighted by Gasteiger charge is -2.32. The van der Waals surface area contributed by atoms with Gasteiger partial charge < -0.3 is 11.1 Å². The van der Waals surface area contributed by atoms with E-state index in [2.05, 4.69) is 19.2 Å². The summed E-state index contributed by atoms with van der Waals surface area (Å²) in [6.07, 6.45) is 10.3. The Balaban J connectivity index is 1.85. The van der Waals surface area contributed by atoms with Gasteiger partial charge >= 0.3 is 0 Å². The van der Waals surface area contributed by atoms with Crippen LogP contribution in [0.4, 0.5) is 0 Å². The smallest absolute Gasteiger partial charge is 0.226 e. The number of nitrogens with two attached hydrogens (primary N) is 1. The average Bonchev–Trinajstić information content (AvgIpc) is 2.85. The zero-order chi connectivity index (χ0) is 14.6. The number of amides is 1. The highest BCUT2D eigenvalue weighted by molar-refractivity contribution is 5.82. The molecule has 2 aliphatic carbocycles. The molecule has 3 nitrogen and oxygen atoms in total. The number of hydrogen-bond acceptors (Lipinski definition) is 2. The Morgan fingerprint density at radius 2 is 1.95 bits per heavy atom. The summed E-state index contributed by atoms with van der Waals surface area (Å²) in [6, 6.07) is 0.349. The summed E-state index contributed by atoms with van der Waals surface area (Å²) in [6.45, 7) is 5.30. The molecule has 3 heteroatoms. The third-order valence-electron chi connectivity index (χ3n) is 5.22. The summed E-state index contributed by atoms with van der Waals surface area (Å²) < 4.78 is 0. The van der Waals surface area contributed by atoms with Crippen LogP contribution in [-0.4, -0.2) is 18.5 Å². The number of rotatable bonds is 5. The summed E-state index contributed by atoms with van der Waals surface area (Å²) >= 11 is 0. The SMILES string of the molecule is CC(C)CC1(C(=O)NCC2CCCC(N)C2)CCCC1. The van der Waals surface area contributed by atoms with Crippen LogP contribution in [0.2, 0.25) is 0 Å². The number of carbonyl (C=O) groups is 1. The predicted octanol–water partition coefficient (Wildman–Crippen LogP) is 3.23. The molecule has 0 saturated heterocycles. The molecule has 0 aromatic carbocycles. The molecular weight excluding hydrogens is 248 g/mol. The van der Waals surface area contributed by atoms with E-state index in [-0.39, 0.29) is 5.41 Å². The Bertz CT molecular complexity index is 321. The molecule has 2 rings (SSSR count). The maximum atomic E-state index is 12.7. The van der Waals surface area contributed by atoms with Gasteiger partial charge in [0.15, 0.2) is 0 Å². The van der Waals surface area contributed by atoms with Crippen LogP contribution < -0.4 is 11.1 Å². The lowest BCUT2D eigenvalue weighted by Crippen LogP contribution is -2.43. The van der Waals surface area contributed by atoms with E-state index >= 15 is 0 Å². The standard InChI is InChI=1S/C17H32N2O/c1-13(2)11-17(8-3-4-9-17)16(20)19-12-14-6-5-7-15(18)10-14/h13-15H,3-12,18H2,1-2H3,(H,19,20). The number of nitrogens with one attached hydrogen (secondary N) is 1. The highest BCUT2D eigenvalue weighted by atomic mass is 16.2. The van der Waals surface area contributed by atoms with Crippen LogP contribution in [0.3, 0.4) is 0 Å². The fraction of sp³-hybridized carbons (Fsp3) is 0.941. The van der Waals surface area contributed by atoms with Gasteiger partial charge in [-0.15, -0.1) is 0 Å². The normalized spacial score (nSPS) is 29.6. The third kappa shape index (κ3) is 3.97. The van der Waals surface area contributed by atoms with E-state index < -0.39 is 0 Å². The molecule has 3 N–H and O–H groups in total. The highest BCUT2D eigenvalue weighted by Crippen LogP contribution is 2.43. The average molecular weight is 280 g/mol. The molecule has 2 atom stereocenters. The number of carbonyl (C=O) groups excluding carboxylic acids is 1. The molecule has 116 valence electrons. The Morgan fingerprint density at radius 1 is 1.25 bits per heavy atom. The van der Waals surface area contributed by atoms with Crippen molar-refractivity contribution in [1.82, 2.24) is 5.32 Å². The molecule has 0 aliphatic heterocycles. The maximum absolute atomic E-state index is 12.7. The highest BCUT2D eigenvalue weighted by Gasteiger charge is 2.41. The van der Waals surface area contributed by atoms with Gasteiger partial charge in [-0.3, -0.25) is 4.79 Å². The van der Waals surface area contributed by atoms with Gasteiger partial charge in [-0.25, -0.2) is 0 Å². The molecule has 0 bridgehead atoms. The van der Waals surface area contributed by atoms with E-state index in [1.807, 2.05) is 0 Å². The molecule has 20 heavy (non-hydrogen) atoms. The topological polar surface area (TPSA) is 55.1 Å². The Hall–Kier alpha value is -0.570. The largest absolute Gasteiger partial charge is 0.355 e. The van der Waals surface area contributed by atoms with Crippen molar-refractivity contribution in [3.8, 4) is 0 Å². The summed E-state index contributed by atoms with van der Waals surface area (Å²) in [5, 5.41) is 3.27. The van der Waals surface area contributed by atoms with E-state index in [0.717, 1.165) is 38.6 Å². The molecule has 0 aromatic rings. The summed E-state index contributed by atoms with van der Waals surface area (Å²) in [5.41, 5.74) is 5.97. The van der Waals surface area contributed by atoms with Crippen molar-refractivity contribution >= 4 is 5.91 Å². The zero-order valence-corrected chi connectivity index (χ0v) is 13.3. The Kier molecular flexibility index (Phi) is 5.48. The summed E-state index contributed by atoms with van der Waals surface area (Å²) in [4.78, 5) is 12.7. The van der Waals surface area contributed by atoms with Crippen molar-refractivity contribution in [2.24, 2.45) is 23.0 Å². The van der Waals surface area contributed by atoms with Crippen molar-refractivity contribution in [1.29, 1.82) is 0 Å². The predicted molar refractivity (Wildman–Crippen MR) is 83.3 cm³/mol. The monoisotopic (exact) mass is 280 g/mol. The summed E-state index contributed by atoms with van der Waals surface area (Å²) in [5.74, 6) is 1.52. The summed E-state index contributed by atoms with van der Waals surface area (Å²) in [7, 11) is 0. The quantitative estimate of drug-likeness (QED) is 0.812. The van der Waals surface area contributed by atoms with Gasteiger partial charge in [-0.1, -0.05) is 33.1 Å². The first-order valence-corrected chi connectivity index (χ1v) is 8.56. The Labute approximate surface area is 124 Å². The minimum absolute atomic E-state index is 0.0645. The van der Waals surface area contributed by atoms with E-state index in [9.17, 15) is 4.79 Å². The second-order valence-electron chi connectivity index (χ2n) is 7.59. The van der Waals surface area contributed by atoms with Crippen molar-refractivity contribution in [3.63, 3.8) is 0 Å². The lowest BCUT2D eigenvalue weighted by atomic mass is 9.77. The molecule has 2 unspecified atom stereocenters. The van der Waals surface area contributed by atoms with Crippen LogP contribution in [0.5, 0.6) is 0 Å². The molecule has 0 spiro atoms. The molecule has 0 heterocycles. The van der Waals surface area contributed by atoms with E-state index in [1.165, 1.54) is 25.7 Å². The molecule has 1 amide bonds. The zero-order valence-electron chi connectivity index (χ0n) is 13.3. The first-order chi connectivity index (χ1) is 9.52. The van der Waals surface area contributed by atoms with Gasteiger partial charge in [-0.2, -0.15) is 0 Å². The molecule has 2 aliphatic rings. The first kappa shape index (κ1) is 15.8. The molecule has 2 fully saturated rings. The van der Waals surface area contributed by atoms with Gasteiger partial charge in [-0.05, 0) is 50.4 Å². The van der Waals surface area contributed by atoms with E-state index in [1.54, 1.807) is 0 Å². The second kappa shape index (κ2) is 6.93. The van der Waals surface area contributed by atoms with Gasteiger partial charge in [0.05, 0.1) is 0 Å². The van der Waals surface area contributed by atoms with Crippen LogP contribution in [-0.2, 0) is 4.79 Å². The second-order valence-corrected chi connectivity index (χ2v) is 7.59. The lowest BCUT2D eigenvalue weighted by molar-refractivity contribution is -0.132. The van der Waals surface area contributed by atoms with Crippen LogP contribution >= 0.6 is 0 Å². The van der Waals surface area contributed by atoms with Crippen molar-refractivity contribution in [3.05, 3.63) is 0 Å². The minimum Gasteiger partial charge on any atom is -0.355 e. The van der Waals surface area contributed by atoms with Gasteiger partial charge in [0, 0.05) is 18.0 Å².